The van der Waals surface area contributed by atoms with Crippen LogP contribution in [0.2, 0.25) is 0 Å². The second-order valence-corrected chi connectivity index (χ2v) is 12.6. The molecule has 1 atom stereocenters. The lowest BCUT2D eigenvalue weighted by molar-refractivity contribution is -0.131. The van der Waals surface area contributed by atoms with Gasteiger partial charge in [0.1, 0.15) is 22.9 Å². The molecule has 184 valence electrons. The summed E-state index contributed by atoms with van der Waals surface area (Å²) in [6.45, 7) is 1.24. The van der Waals surface area contributed by atoms with Gasteiger partial charge >= 0.3 is 0 Å². The van der Waals surface area contributed by atoms with Gasteiger partial charge in [0, 0.05) is 31.0 Å². The Morgan fingerprint density at radius 3 is 2.69 bits per heavy atom. The Hall–Kier alpha value is -2.51. The number of hydrogen-bond acceptors (Lipinski definition) is 8. The fraction of sp³-hybridized carbons (Fsp3) is 0.364. The first-order chi connectivity index (χ1) is 16.7. The smallest absolute Gasteiger partial charge is 0.288 e. The van der Waals surface area contributed by atoms with Crippen molar-refractivity contribution in [2.24, 2.45) is 0 Å². The molecule has 2 aliphatic heterocycles. The number of sulfone groups is 1. The van der Waals surface area contributed by atoms with Crippen LogP contribution in [0.4, 0.5) is 4.39 Å². The third-order valence-electron chi connectivity index (χ3n) is 5.87. The Balaban J connectivity index is 1.31. The molecule has 1 amide bonds. The van der Waals surface area contributed by atoms with Crippen molar-refractivity contribution in [3.8, 4) is 5.69 Å². The summed E-state index contributed by atoms with van der Waals surface area (Å²) in [6, 6.07) is 3.70. The lowest BCUT2D eigenvalue weighted by Crippen LogP contribution is -2.40. The van der Waals surface area contributed by atoms with Gasteiger partial charge in [0.2, 0.25) is 0 Å². The molecule has 0 aliphatic carbocycles. The fourth-order valence-corrected chi connectivity index (χ4v) is 6.21. The summed E-state index contributed by atoms with van der Waals surface area (Å²) >= 11 is 4.95. The predicted molar refractivity (Wildman–Crippen MR) is 132 cm³/mol. The maximum atomic E-state index is 14.8. The van der Waals surface area contributed by atoms with Gasteiger partial charge in [0.25, 0.3) is 5.91 Å². The highest BCUT2D eigenvalue weighted by molar-refractivity contribution is 9.09. The lowest BCUT2D eigenvalue weighted by Gasteiger charge is -2.31. The van der Waals surface area contributed by atoms with Crippen molar-refractivity contribution in [1.82, 2.24) is 24.6 Å². The number of benzene rings is 1. The molecule has 1 saturated heterocycles. The van der Waals surface area contributed by atoms with Crippen LogP contribution in [0.3, 0.4) is 0 Å². The van der Waals surface area contributed by atoms with Crippen molar-refractivity contribution in [2.75, 3.05) is 19.3 Å². The van der Waals surface area contributed by atoms with E-state index in [2.05, 4.69) is 31.0 Å². The van der Waals surface area contributed by atoms with Gasteiger partial charge in [-0.2, -0.15) is 5.10 Å². The molecule has 3 aromatic rings. The van der Waals surface area contributed by atoms with Crippen molar-refractivity contribution in [3.05, 3.63) is 48.4 Å². The molecule has 0 radical (unpaired) electrons. The number of likely N-dealkylation sites (tertiary alicyclic amines) is 1. The predicted octanol–water partition coefficient (Wildman–Crippen LogP) is 3.47. The van der Waals surface area contributed by atoms with E-state index in [-0.39, 0.29) is 26.8 Å². The third kappa shape index (κ3) is 4.94. The van der Waals surface area contributed by atoms with E-state index in [1.165, 1.54) is 23.1 Å². The maximum absolute atomic E-state index is 14.8. The maximum Gasteiger partial charge on any atom is 0.288 e. The Morgan fingerprint density at radius 2 is 2.03 bits per heavy atom. The van der Waals surface area contributed by atoms with E-state index in [9.17, 15) is 17.6 Å². The van der Waals surface area contributed by atoms with Crippen molar-refractivity contribution in [3.63, 3.8) is 0 Å². The van der Waals surface area contributed by atoms with Gasteiger partial charge in [-0.3, -0.25) is 4.79 Å². The zero-order valence-electron chi connectivity index (χ0n) is 18.6. The first kappa shape index (κ1) is 24.2. The van der Waals surface area contributed by atoms with E-state index in [1.54, 1.807) is 18.0 Å². The zero-order valence-corrected chi connectivity index (χ0v) is 21.8. The topological polar surface area (TPSA) is 107 Å². The number of alkyl halides is 1. The van der Waals surface area contributed by atoms with E-state index < -0.39 is 15.7 Å². The molecule has 13 heteroatoms. The van der Waals surface area contributed by atoms with Crippen LogP contribution in [-0.2, 0) is 19.4 Å². The molecule has 4 heterocycles. The minimum Gasteiger partial charge on any atom is -0.473 e. The van der Waals surface area contributed by atoms with Crippen LogP contribution in [0, 0.1) is 5.82 Å². The molecule has 1 aromatic carbocycles. The van der Waals surface area contributed by atoms with Crippen LogP contribution >= 0.6 is 27.7 Å². The van der Waals surface area contributed by atoms with Crippen LogP contribution in [0.15, 0.2) is 52.5 Å². The summed E-state index contributed by atoms with van der Waals surface area (Å²) in [7, 11) is -3.53. The molecule has 5 rings (SSSR count). The van der Waals surface area contributed by atoms with Crippen LogP contribution in [0.1, 0.15) is 19.3 Å². The second-order valence-electron chi connectivity index (χ2n) is 8.30. The van der Waals surface area contributed by atoms with Gasteiger partial charge in [0.05, 0.1) is 16.5 Å². The molecule has 1 fully saturated rings. The zero-order chi connectivity index (χ0) is 24.7. The standard InChI is InChI=1S/C22H21BrFN5O4S2/c1-35(31,32)14-2-3-17(16(24)10-14)29-20-15(11-27-29)21(26-12-25-20)34-13-6-8-28(9-7-13)22(30)18-4-5-19(23)33-18/h2-4,10-13,19H,5-9H2,1H3. The quantitative estimate of drug-likeness (QED) is 0.333. The number of aromatic nitrogens is 4. The first-order valence-electron chi connectivity index (χ1n) is 10.9. The number of carbonyl (C=O) groups excluding carboxylic acids is 1. The summed E-state index contributed by atoms with van der Waals surface area (Å²) in [5.41, 5.74) is 0.527. The van der Waals surface area contributed by atoms with E-state index in [1.807, 2.05) is 11.0 Å². The number of fused-ring (bicyclic) bond motifs is 1. The van der Waals surface area contributed by atoms with Gasteiger partial charge in [-0.25, -0.2) is 27.5 Å². The molecule has 0 spiro atoms. The highest BCUT2D eigenvalue weighted by Crippen LogP contribution is 2.34. The first-order valence-corrected chi connectivity index (χ1v) is 14.5. The normalized spacial score (nSPS) is 19.1. The molecule has 2 aliphatic rings. The molecule has 35 heavy (non-hydrogen) atoms. The SMILES string of the molecule is CS(=O)(=O)c1ccc(-n2ncc3c(SC4CCN(C(=O)C5=CCC(Br)O5)CC4)ncnc32)c(F)c1. The number of carbonyl (C=O) groups is 1. The number of rotatable bonds is 5. The van der Waals surface area contributed by atoms with Crippen LogP contribution in [0.25, 0.3) is 16.7 Å². The van der Waals surface area contributed by atoms with Crippen LogP contribution in [-0.4, -0.2) is 68.6 Å². The summed E-state index contributed by atoms with van der Waals surface area (Å²) in [5, 5.41) is 5.80. The number of piperidine rings is 1. The minimum atomic E-state index is -3.53. The molecule has 2 aromatic heterocycles. The Bertz CT molecular complexity index is 1440. The summed E-state index contributed by atoms with van der Waals surface area (Å²) < 4.78 is 45.1. The molecular weight excluding hydrogens is 561 g/mol. The Labute approximate surface area is 213 Å². The lowest BCUT2D eigenvalue weighted by atomic mass is 10.1. The molecular formula is C22H21BrFN5O4S2. The largest absolute Gasteiger partial charge is 0.473 e. The Kier molecular flexibility index (Phi) is 6.57. The van der Waals surface area contributed by atoms with Crippen molar-refractivity contribution in [1.29, 1.82) is 0 Å². The number of hydrogen-bond donors (Lipinski definition) is 0. The van der Waals surface area contributed by atoms with Gasteiger partial charge in [-0.1, -0.05) is 0 Å². The second kappa shape index (κ2) is 9.51. The number of halogens is 2. The van der Waals surface area contributed by atoms with E-state index in [4.69, 9.17) is 4.74 Å². The van der Waals surface area contributed by atoms with Crippen LogP contribution < -0.4 is 0 Å². The van der Waals surface area contributed by atoms with Gasteiger partial charge in [-0.15, -0.1) is 11.8 Å². The number of thioether (sulfide) groups is 1. The van der Waals surface area contributed by atoms with Gasteiger partial charge in [-0.05, 0) is 53.0 Å². The molecule has 1 unspecified atom stereocenters. The number of ether oxygens (including phenoxy) is 1. The summed E-state index contributed by atoms with van der Waals surface area (Å²) in [4.78, 5) is 23.0. The molecule has 0 saturated carbocycles. The molecule has 0 bridgehead atoms. The molecule has 9 nitrogen and oxygen atoms in total. The van der Waals surface area contributed by atoms with Crippen molar-refractivity contribution in [2.45, 2.75) is 39.4 Å². The third-order valence-corrected chi connectivity index (χ3v) is 8.89. The van der Waals surface area contributed by atoms with Crippen LogP contribution in [0.5, 0.6) is 0 Å². The number of amides is 1. The minimum absolute atomic E-state index is 0.0787. The average molecular weight is 582 g/mol. The Morgan fingerprint density at radius 1 is 1.26 bits per heavy atom. The van der Waals surface area contributed by atoms with Gasteiger partial charge in [0.15, 0.2) is 26.3 Å². The van der Waals surface area contributed by atoms with E-state index >= 15 is 0 Å². The highest BCUT2D eigenvalue weighted by Gasteiger charge is 2.30. The van der Waals surface area contributed by atoms with Crippen molar-refractivity contribution >= 4 is 54.5 Å². The van der Waals surface area contributed by atoms with Gasteiger partial charge < -0.3 is 9.64 Å². The van der Waals surface area contributed by atoms with Crippen molar-refractivity contribution < 1.29 is 22.3 Å². The molecule has 0 N–H and O–H groups in total. The van der Waals surface area contributed by atoms with E-state index in [0.717, 1.165) is 30.2 Å². The highest BCUT2D eigenvalue weighted by atomic mass is 79.9. The average Bonchev–Trinajstić information content (AvgIpc) is 3.45. The van der Waals surface area contributed by atoms with E-state index in [0.29, 0.717) is 36.3 Å². The summed E-state index contributed by atoms with van der Waals surface area (Å²) in [5.74, 6) is -0.389. The number of nitrogens with zero attached hydrogens (tertiary/aromatic N) is 5. The summed E-state index contributed by atoms with van der Waals surface area (Å²) in [6.07, 6.45) is 8.10. The monoisotopic (exact) mass is 581 g/mol. The fourth-order valence-electron chi connectivity index (χ4n) is 4.04.